The highest BCUT2D eigenvalue weighted by atomic mass is 16.5. The zero-order valence-corrected chi connectivity index (χ0v) is 10.4. The summed E-state index contributed by atoms with van der Waals surface area (Å²) in [6.07, 6.45) is -0.754. The molecular formula is C13H15NO5. The van der Waals surface area contributed by atoms with Crippen LogP contribution in [0.25, 0.3) is 0 Å². The van der Waals surface area contributed by atoms with E-state index >= 15 is 0 Å². The molecule has 0 spiro atoms. The number of carbonyl (C=O) groups is 2. The molecule has 19 heavy (non-hydrogen) atoms. The van der Waals surface area contributed by atoms with Gasteiger partial charge < -0.3 is 19.8 Å². The van der Waals surface area contributed by atoms with Gasteiger partial charge in [0.25, 0.3) is 5.91 Å². The van der Waals surface area contributed by atoms with Gasteiger partial charge in [0.1, 0.15) is 11.8 Å². The zero-order chi connectivity index (χ0) is 14.0. The molecule has 102 valence electrons. The van der Waals surface area contributed by atoms with Crippen molar-refractivity contribution in [1.29, 1.82) is 0 Å². The molecule has 1 aromatic rings. The highest BCUT2D eigenvalue weighted by Gasteiger charge is 2.39. The third-order valence-corrected chi connectivity index (χ3v) is 3.16. The number of likely N-dealkylation sites (tertiary alicyclic amines) is 1. The van der Waals surface area contributed by atoms with E-state index in [1.165, 1.54) is 12.0 Å². The van der Waals surface area contributed by atoms with Gasteiger partial charge in [-0.15, -0.1) is 0 Å². The monoisotopic (exact) mass is 265 g/mol. The second-order valence-electron chi connectivity index (χ2n) is 4.40. The number of aliphatic carboxylic acids is 1. The van der Waals surface area contributed by atoms with Gasteiger partial charge in [-0.2, -0.15) is 0 Å². The molecule has 1 fully saturated rings. The number of amides is 1. The fourth-order valence-corrected chi connectivity index (χ4v) is 2.25. The van der Waals surface area contributed by atoms with Crippen LogP contribution < -0.4 is 4.74 Å². The number of carboxylic acid groups (broad SMARTS) is 1. The maximum Gasteiger partial charge on any atom is 0.326 e. The number of hydrogen-bond acceptors (Lipinski definition) is 4. The lowest BCUT2D eigenvalue weighted by Gasteiger charge is -2.22. The Kier molecular flexibility index (Phi) is 3.71. The molecule has 0 aromatic heterocycles. The number of carboxylic acids is 1. The third-order valence-electron chi connectivity index (χ3n) is 3.16. The van der Waals surface area contributed by atoms with Crippen molar-refractivity contribution >= 4 is 11.9 Å². The van der Waals surface area contributed by atoms with E-state index in [2.05, 4.69) is 0 Å². The summed E-state index contributed by atoms with van der Waals surface area (Å²) >= 11 is 0. The summed E-state index contributed by atoms with van der Waals surface area (Å²) < 4.78 is 5.09. The fraction of sp³-hybridized carbons (Fsp3) is 0.385. The summed E-state index contributed by atoms with van der Waals surface area (Å²) in [5.74, 6) is -1.17. The van der Waals surface area contributed by atoms with E-state index in [9.17, 15) is 14.7 Å². The number of carbonyl (C=O) groups excluding carboxylic acids is 1. The number of β-amino-alcohol motifs (C(OH)–C–C–N with tert-alkyl or cyclic N) is 1. The Morgan fingerprint density at radius 3 is 2.68 bits per heavy atom. The average Bonchev–Trinajstić information content (AvgIpc) is 2.80. The van der Waals surface area contributed by atoms with Crippen LogP contribution in [0.4, 0.5) is 0 Å². The molecule has 2 atom stereocenters. The molecule has 1 aliphatic rings. The van der Waals surface area contributed by atoms with E-state index in [0.717, 1.165) is 0 Å². The number of ether oxygens (including phenoxy) is 1. The SMILES string of the molecule is COc1ccccc1C(=O)N1C[C@@H](O)C[C@H]1C(=O)O. The number of methoxy groups -OCH3 is 1. The van der Waals surface area contributed by atoms with Crippen molar-refractivity contribution in [2.75, 3.05) is 13.7 Å². The minimum absolute atomic E-state index is 0.0217. The predicted octanol–water partition coefficient (Wildman–Crippen LogP) is 0.355. The molecule has 6 nitrogen and oxygen atoms in total. The molecular weight excluding hydrogens is 250 g/mol. The van der Waals surface area contributed by atoms with Gasteiger partial charge in [0, 0.05) is 13.0 Å². The molecule has 0 unspecified atom stereocenters. The van der Waals surface area contributed by atoms with Crippen LogP contribution in [-0.2, 0) is 4.79 Å². The summed E-state index contributed by atoms with van der Waals surface area (Å²) in [6.45, 7) is 0.0217. The van der Waals surface area contributed by atoms with Crippen LogP contribution in [0.15, 0.2) is 24.3 Å². The predicted molar refractivity (Wildman–Crippen MR) is 66.1 cm³/mol. The molecule has 2 rings (SSSR count). The Hall–Kier alpha value is -2.08. The topological polar surface area (TPSA) is 87.1 Å². The lowest BCUT2D eigenvalue weighted by Crippen LogP contribution is -2.40. The van der Waals surface area contributed by atoms with Gasteiger partial charge in [-0.25, -0.2) is 4.79 Å². The first-order valence-corrected chi connectivity index (χ1v) is 5.89. The Morgan fingerprint density at radius 2 is 2.05 bits per heavy atom. The van der Waals surface area contributed by atoms with Crippen molar-refractivity contribution < 1.29 is 24.5 Å². The molecule has 2 N–H and O–H groups in total. The Balaban J connectivity index is 2.30. The summed E-state index contributed by atoms with van der Waals surface area (Å²) in [6, 6.07) is 5.62. The van der Waals surface area contributed by atoms with E-state index in [4.69, 9.17) is 9.84 Å². The van der Waals surface area contributed by atoms with Crippen molar-refractivity contribution in [1.82, 2.24) is 4.90 Å². The molecule has 0 saturated carbocycles. The summed E-state index contributed by atoms with van der Waals surface area (Å²) in [4.78, 5) is 24.6. The molecule has 0 radical (unpaired) electrons. The molecule has 1 aliphatic heterocycles. The molecule has 0 aliphatic carbocycles. The number of aliphatic hydroxyl groups excluding tert-OH is 1. The molecule has 1 amide bonds. The van der Waals surface area contributed by atoms with Crippen LogP contribution in [0.2, 0.25) is 0 Å². The molecule has 1 heterocycles. The lowest BCUT2D eigenvalue weighted by molar-refractivity contribution is -0.141. The second kappa shape index (κ2) is 5.27. The highest BCUT2D eigenvalue weighted by molar-refractivity contribution is 5.99. The van der Waals surface area contributed by atoms with Crippen molar-refractivity contribution in [3.63, 3.8) is 0 Å². The third kappa shape index (κ3) is 2.53. The van der Waals surface area contributed by atoms with Gasteiger partial charge in [0.15, 0.2) is 0 Å². The molecule has 0 bridgehead atoms. The number of rotatable bonds is 3. The maximum absolute atomic E-state index is 12.4. The van der Waals surface area contributed by atoms with E-state index < -0.39 is 24.0 Å². The van der Waals surface area contributed by atoms with Crippen LogP contribution in [0, 0.1) is 0 Å². The number of nitrogens with zero attached hydrogens (tertiary/aromatic N) is 1. The van der Waals surface area contributed by atoms with Crippen molar-refractivity contribution in [2.45, 2.75) is 18.6 Å². The van der Waals surface area contributed by atoms with Gasteiger partial charge in [0.2, 0.25) is 0 Å². The first-order valence-electron chi connectivity index (χ1n) is 5.89. The van der Waals surface area contributed by atoms with Gasteiger partial charge >= 0.3 is 5.97 Å². The van der Waals surface area contributed by atoms with Crippen LogP contribution in [0.1, 0.15) is 16.8 Å². The average molecular weight is 265 g/mol. The minimum atomic E-state index is -1.11. The van der Waals surface area contributed by atoms with Crippen LogP contribution in [0.3, 0.4) is 0 Å². The van der Waals surface area contributed by atoms with E-state index in [-0.39, 0.29) is 13.0 Å². The summed E-state index contributed by atoms with van der Waals surface area (Å²) in [7, 11) is 1.44. The summed E-state index contributed by atoms with van der Waals surface area (Å²) in [5, 5.41) is 18.6. The van der Waals surface area contributed by atoms with E-state index in [1.54, 1.807) is 24.3 Å². The van der Waals surface area contributed by atoms with Crippen molar-refractivity contribution in [3.05, 3.63) is 29.8 Å². The standard InChI is InChI=1S/C13H15NO5/c1-19-11-5-3-2-4-9(11)12(16)14-7-8(15)6-10(14)13(17)18/h2-5,8,10,15H,6-7H2,1H3,(H,17,18)/t8-,10-/m0/s1. The quantitative estimate of drug-likeness (QED) is 0.823. The first-order chi connectivity index (χ1) is 9.04. The fourth-order valence-electron chi connectivity index (χ4n) is 2.25. The van der Waals surface area contributed by atoms with Crippen LogP contribution >= 0.6 is 0 Å². The number of aliphatic hydroxyl groups is 1. The van der Waals surface area contributed by atoms with Gasteiger partial charge in [0.05, 0.1) is 18.8 Å². The highest BCUT2D eigenvalue weighted by Crippen LogP contribution is 2.25. The van der Waals surface area contributed by atoms with Crippen molar-refractivity contribution in [2.24, 2.45) is 0 Å². The smallest absolute Gasteiger partial charge is 0.326 e. The lowest BCUT2D eigenvalue weighted by atomic mass is 10.1. The van der Waals surface area contributed by atoms with Gasteiger partial charge in [-0.1, -0.05) is 12.1 Å². The maximum atomic E-state index is 12.4. The normalized spacial score (nSPS) is 22.3. The van der Waals surface area contributed by atoms with Gasteiger partial charge in [-0.05, 0) is 12.1 Å². The number of hydrogen-bond donors (Lipinski definition) is 2. The summed E-state index contributed by atoms with van der Waals surface area (Å²) in [5.41, 5.74) is 0.297. The minimum Gasteiger partial charge on any atom is -0.496 e. The molecule has 6 heteroatoms. The Morgan fingerprint density at radius 1 is 1.37 bits per heavy atom. The Labute approximate surface area is 110 Å². The zero-order valence-electron chi connectivity index (χ0n) is 10.4. The number of benzene rings is 1. The number of para-hydroxylation sites is 1. The molecule has 1 aromatic carbocycles. The van der Waals surface area contributed by atoms with Crippen LogP contribution in [0.5, 0.6) is 5.75 Å². The largest absolute Gasteiger partial charge is 0.496 e. The second-order valence-corrected chi connectivity index (χ2v) is 4.40. The Bertz CT molecular complexity index is 502. The van der Waals surface area contributed by atoms with E-state index in [1.807, 2.05) is 0 Å². The first kappa shape index (κ1) is 13.4. The molecule has 1 saturated heterocycles. The van der Waals surface area contributed by atoms with Crippen LogP contribution in [-0.4, -0.2) is 52.8 Å². The van der Waals surface area contributed by atoms with Gasteiger partial charge in [-0.3, -0.25) is 4.79 Å². The van der Waals surface area contributed by atoms with E-state index in [0.29, 0.717) is 11.3 Å². The van der Waals surface area contributed by atoms with Crippen molar-refractivity contribution in [3.8, 4) is 5.75 Å².